The number of carbonyl (C=O) groups is 4. The summed E-state index contributed by atoms with van der Waals surface area (Å²) in [6.45, 7) is -0.571. The Balaban J connectivity index is 0.000000157. The van der Waals surface area contributed by atoms with Gasteiger partial charge >= 0.3 is 0 Å². The number of halogens is 6. The Kier molecular flexibility index (Phi) is 35.1. The zero-order valence-electron chi connectivity index (χ0n) is 73.9. The van der Waals surface area contributed by atoms with E-state index in [0.717, 1.165) is 16.9 Å². The number of allylic oxidation sites excluding steroid dienone is 4. The number of nitrogens with one attached hydrogen (secondary N) is 8. The third-order valence-corrected chi connectivity index (χ3v) is 20.8. The van der Waals surface area contributed by atoms with Crippen LogP contribution in [0.1, 0.15) is 74.8 Å². The normalized spacial score (nSPS) is 10.8. The van der Waals surface area contributed by atoms with Crippen molar-refractivity contribution in [2.75, 3.05) is 63.9 Å². The number of ketones is 4. The molecule has 696 valence electrons. The van der Waals surface area contributed by atoms with Crippen molar-refractivity contribution in [2.45, 2.75) is 13.2 Å². The van der Waals surface area contributed by atoms with Crippen LogP contribution >= 0.6 is 34.8 Å². The highest BCUT2D eigenvalue weighted by Gasteiger charge is 2.20. The van der Waals surface area contributed by atoms with Gasteiger partial charge in [0.1, 0.15) is 69.7 Å². The number of non-ortho nitro benzene ring substituents is 1. The van der Waals surface area contributed by atoms with Crippen molar-refractivity contribution in [2.24, 2.45) is 0 Å². The number of carbonyl (C=O) groups excluding carboxylic acids is 4. The van der Waals surface area contributed by atoms with Crippen LogP contribution in [0.2, 0.25) is 15.1 Å². The smallest absolute Gasteiger partial charge is 0.269 e. The molecule has 0 aliphatic carbocycles. The molecule has 139 heavy (non-hydrogen) atoms. The summed E-state index contributed by atoms with van der Waals surface area (Å²) >= 11 is 18.2. The van der Waals surface area contributed by atoms with Gasteiger partial charge in [-0.25, -0.2) is 53.0 Å². The van der Waals surface area contributed by atoms with Gasteiger partial charge in [0, 0.05) is 152 Å². The average molecular weight is 1920 g/mol. The summed E-state index contributed by atoms with van der Waals surface area (Å²) in [7, 11) is 4.62. The minimum atomic E-state index is -0.470. The zero-order chi connectivity index (χ0) is 97.9. The second-order valence-corrected chi connectivity index (χ2v) is 30.6. The average Bonchev–Trinajstić information content (AvgIpc) is 0.808. The number of nitro groups is 1. The number of aromatic nitrogens is 8. The molecule has 0 spiro atoms. The lowest BCUT2D eigenvalue weighted by molar-refractivity contribution is -0.384. The number of benzene rings is 8. The SMILES string of the molecule is COc1ccc(Nc2ncccc2/C=C/C(=O)c2cccnc2Nc2cc(CO)c(CO)c(OC)c2)cc1OC.O=C(/C=C/c1cccnc1Nc1ccc(Cl)cc1)c1cccnc1Nc1ccc(F)cc1.O=C(/C=C/c1cccnc1Nc1ccc(Cl)cc1Cl)c1cccnc1Nc1ccc(F)cc1.O=C(/C=C/c1cccnc1Nc1ccc([N+](=O)[O-])cc1)c1cccnc1Nc1ccc(F)cc1. The maximum absolute atomic E-state index is 13.3. The number of nitrogens with zero attached hydrogens (tertiary/aromatic N) is 9. The number of pyridine rings is 8. The molecule has 0 bridgehead atoms. The molecule has 0 aliphatic heterocycles. The molecule has 8 heterocycles. The van der Waals surface area contributed by atoms with Crippen LogP contribution in [0.5, 0.6) is 17.2 Å². The minimum absolute atomic E-state index is 0.0150. The van der Waals surface area contributed by atoms with Crippen LogP contribution in [0.3, 0.4) is 0 Å². The van der Waals surface area contributed by atoms with E-state index in [1.165, 1.54) is 79.9 Å². The molecule has 8 aromatic carbocycles. The van der Waals surface area contributed by atoms with Crippen LogP contribution < -0.4 is 56.7 Å². The monoisotopic (exact) mass is 1920 g/mol. The highest BCUT2D eigenvalue weighted by atomic mass is 35.5. The van der Waals surface area contributed by atoms with Gasteiger partial charge in [-0.15, -0.1) is 0 Å². The number of anilines is 16. The van der Waals surface area contributed by atoms with E-state index in [-0.39, 0.29) is 59.5 Å². The maximum Gasteiger partial charge on any atom is 0.269 e. The fourth-order valence-corrected chi connectivity index (χ4v) is 13.7. The van der Waals surface area contributed by atoms with E-state index in [4.69, 9.17) is 49.0 Å². The first-order valence-corrected chi connectivity index (χ1v) is 43.2. The number of hydrogen-bond donors (Lipinski definition) is 10. The van der Waals surface area contributed by atoms with Crippen LogP contribution in [0.25, 0.3) is 24.3 Å². The summed E-state index contributed by atoms with van der Waals surface area (Å²) < 4.78 is 55.5. The first-order valence-electron chi connectivity index (χ1n) is 42.1. The number of rotatable bonds is 34. The van der Waals surface area contributed by atoms with Crippen molar-refractivity contribution in [3.8, 4) is 17.2 Å². The molecule has 0 saturated carbocycles. The zero-order valence-corrected chi connectivity index (χ0v) is 76.2. The number of methoxy groups -OCH3 is 3. The molecule has 8 aromatic heterocycles. The van der Waals surface area contributed by atoms with Crippen molar-refractivity contribution >= 4 is 180 Å². The Morgan fingerprint density at radius 2 is 0.626 bits per heavy atom. The first kappa shape index (κ1) is 98.9. The molecule has 10 N–H and O–H groups in total. The van der Waals surface area contributed by atoms with Crippen LogP contribution in [-0.4, -0.2) is 99.5 Å². The highest BCUT2D eigenvalue weighted by Crippen LogP contribution is 2.36. The van der Waals surface area contributed by atoms with Gasteiger partial charge in [0.25, 0.3) is 5.69 Å². The largest absolute Gasteiger partial charge is 0.496 e. The molecular formula is C105H83Cl3F3N17O11. The topological polar surface area (TPSA) is 379 Å². The molecule has 0 aliphatic rings. The fourth-order valence-electron chi connectivity index (χ4n) is 13.1. The lowest BCUT2D eigenvalue weighted by Crippen LogP contribution is -2.05. The maximum atomic E-state index is 13.3. The van der Waals surface area contributed by atoms with Crippen molar-refractivity contribution < 1.29 is 61.7 Å². The molecule has 0 unspecified atom stereocenters. The highest BCUT2D eigenvalue weighted by molar-refractivity contribution is 6.36. The molecule has 0 saturated heterocycles. The van der Waals surface area contributed by atoms with Crippen molar-refractivity contribution in [1.82, 2.24) is 39.9 Å². The third kappa shape index (κ3) is 28.2. The number of aliphatic hydroxyl groups is 2. The Bertz CT molecular complexity index is 7140. The molecule has 0 amide bonds. The third-order valence-electron chi connectivity index (χ3n) is 20.0. The molecule has 0 fully saturated rings. The number of hydrogen-bond acceptors (Lipinski definition) is 27. The van der Waals surface area contributed by atoms with Crippen LogP contribution in [-0.2, 0) is 13.2 Å². The fraction of sp³-hybridized carbons (Fsp3) is 0.0476. The molecule has 16 rings (SSSR count). The first-order chi connectivity index (χ1) is 67.6. The van der Waals surface area contributed by atoms with Gasteiger partial charge in [0.15, 0.2) is 34.6 Å². The lowest BCUT2D eigenvalue weighted by Gasteiger charge is -2.15. The van der Waals surface area contributed by atoms with E-state index in [0.29, 0.717) is 163 Å². The summed E-state index contributed by atoms with van der Waals surface area (Å²) in [5, 5.41) is 56.9. The summed E-state index contributed by atoms with van der Waals surface area (Å²) in [6.07, 6.45) is 25.3. The summed E-state index contributed by atoms with van der Waals surface area (Å²) in [5.74, 6) is 3.09. The van der Waals surface area contributed by atoms with Gasteiger partial charge in [-0.2, -0.15) is 0 Å². The van der Waals surface area contributed by atoms with E-state index >= 15 is 0 Å². The predicted molar refractivity (Wildman–Crippen MR) is 538 cm³/mol. The standard InChI is InChI=1S/C30H30N4O6.C25H17Cl2FN4O.C25H18ClFN4O.C25H18FN5O3/c1-38-26-11-9-21(15-28(26)40-3)33-29-19(6-4-12-31-29)8-10-25(37)23-7-5-13-32-30(23)34-22-14-20(17-35)24(18-36)27(16-22)39-2;26-17-6-11-22(21(27)15-17)32-24-16(3-1-13-29-24)5-12-23(33)20-4-2-14-30-25(20)31-19-9-7-18(28)8-10-19;26-18-6-10-20(11-7-18)30-24-17(3-1-15-28-24)5-14-23(32)22-4-2-16-29-25(22)31-21-12-8-19(27)9-13-21;26-18-6-8-19(9-7-18)30-25-22(4-2-16-28-25)23(32)14-5-17-3-1-15-27-24(17)29-20-10-12-21(13-11-20)31(33)34/h4-16,35-36H,17-18H2,1-3H3,(H,31,33)(H,32,34);1-15H,(H,29,32)(H,30,31);1-16H,(H,28,30)(H,29,31);1-16H,(H,27,29)(H,28,30)/b10-8+;12-5+;2*14-5+. The van der Waals surface area contributed by atoms with E-state index in [2.05, 4.69) is 82.4 Å². The van der Waals surface area contributed by atoms with Gasteiger partial charge in [0.2, 0.25) is 0 Å². The van der Waals surface area contributed by atoms with Crippen molar-refractivity contribution in [3.63, 3.8) is 0 Å². The van der Waals surface area contributed by atoms with E-state index in [1.807, 2.05) is 36.4 Å². The second kappa shape index (κ2) is 49.4. The molecular weight excluding hydrogens is 1840 g/mol. The van der Waals surface area contributed by atoms with Crippen LogP contribution in [0, 0.1) is 27.6 Å². The van der Waals surface area contributed by atoms with Crippen LogP contribution in [0.4, 0.5) is 111 Å². The van der Waals surface area contributed by atoms with Crippen molar-refractivity contribution in [3.05, 3.63) is 439 Å². The Labute approximate surface area is 810 Å². The van der Waals surface area contributed by atoms with Gasteiger partial charge in [-0.05, 0) is 297 Å². The van der Waals surface area contributed by atoms with Gasteiger partial charge < -0.3 is 67.0 Å². The van der Waals surface area contributed by atoms with E-state index < -0.39 is 4.92 Å². The number of aliphatic hydroxyl groups excluding tert-OH is 2. The van der Waals surface area contributed by atoms with Gasteiger partial charge in [-0.1, -0.05) is 34.8 Å². The molecule has 28 nitrogen and oxygen atoms in total. The van der Waals surface area contributed by atoms with Gasteiger partial charge in [0.05, 0.1) is 72.4 Å². The lowest BCUT2D eigenvalue weighted by atomic mass is 10.1. The second-order valence-electron chi connectivity index (χ2n) is 29.3. The van der Waals surface area contributed by atoms with E-state index in [9.17, 15) is 52.7 Å². The molecule has 34 heteroatoms. The molecule has 0 atom stereocenters. The molecule has 0 radical (unpaired) electrons. The predicted octanol–water partition coefficient (Wildman–Crippen LogP) is 24.7. The van der Waals surface area contributed by atoms with Crippen molar-refractivity contribution in [1.29, 1.82) is 0 Å². The van der Waals surface area contributed by atoms with E-state index in [1.54, 1.807) is 270 Å². The van der Waals surface area contributed by atoms with Crippen LogP contribution in [0.15, 0.2) is 341 Å². The number of ether oxygens (including phenoxy) is 3. The summed E-state index contributed by atoms with van der Waals surface area (Å²) in [4.78, 5) is 96.9. The quantitative estimate of drug-likeness (QED) is 0.00775. The Morgan fingerprint density at radius 1 is 0.331 bits per heavy atom. The summed E-state index contributed by atoms with van der Waals surface area (Å²) in [6, 6.07) is 72.2. The molecule has 16 aromatic rings. The Hall–Kier alpha value is -17.6. The summed E-state index contributed by atoms with van der Waals surface area (Å²) in [5.41, 5.74) is 10.4. The van der Waals surface area contributed by atoms with Gasteiger partial charge in [-0.3, -0.25) is 29.3 Å². The minimum Gasteiger partial charge on any atom is -0.496 e. The number of nitro benzene ring substituents is 1. The Morgan fingerprint density at radius 3 is 0.964 bits per heavy atom.